The van der Waals surface area contributed by atoms with E-state index in [1.807, 2.05) is 18.2 Å². The molecule has 0 aliphatic carbocycles. The van der Waals surface area contributed by atoms with Gasteiger partial charge >= 0.3 is 0 Å². The van der Waals surface area contributed by atoms with E-state index in [4.69, 9.17) is 0 Å². The van der Waals surface area contributed by atoms with E-state index in [0.29, 0.717) is 16.3 Å². The molecule has 0 fully saturated rings. The SMILES string of the molecule is O=c1[nH]c2ccccc2c2cc([N+](=O)[O-])ccc12. The third kappa shape index (κ3) is 1.45. The molecule has 88 valence electrons. The Bertz CT molecular complexity index is 836. The minimum atomic E-state index is -0.463. The number of nitrogens with zero attached hydrogens (tertiary/aromatic N) is 1. The Hall–Kier alpha value is -2.69. The highest BCUT2D eigenvalue weighted by molar-refractivity contribution is 6.05. The number of H-pyrrole nitrogens is 1. The Labute approximate surface area is 101 Å². The molecule has 3 aromatic rings. The van der Waals surface area contributed by atoms with Crippen LogP contribution in [0.4, 0.5) is 5.69 Å². The highest BCUT2D eigenvalue weighted by Crippen LogP contribution is 2.24. The average Bonchev–Trinajstić information content (AvgIpc) is 2.38. The predicted molar refractivity (Wildman–Crippen MR) is 68.7 cm³/mol. The molecule has 1 N–H and O–H groups in total. The fourth-order valence-electron chi connectivity index (χ4n) is 2.08. The van der Waals surface area contributed by atoms with E-state index in [1.54, 1.807) is 6.07 Å². The fourth-order valence-corrected chi connectivity index (χ4v) is 2.08. The Morgan fingerprint density at radius 1 is 1.00 bits per heavy atom. The molecule has 0 atom stereocenters. The number of aromatic amines is 1. The van der Waals surface area contributed by atoms with Gasteiger partial charge in [0.2, 0.25) is 0 Å². The summed E-state index contributed by atoms with van der Waals surface area (Å²) in [6.45, 7) is 0. The van der Waals surface area contributed by atoms with Crippen LogP contribution in [-0.4, -0.2) is 9.91 Å². The molecule has 0 bridgehead atoms. The second-order valence-electron chi connectivity index (χ2n) is 3.99. The van der Waals surface area contributed by atoms with Crippen LogP contribution in [0.15, 0.2) is 47.3 Å². The van der Waals surface area contributed by atoms with Crippen LogP contribution in [0.3, 0.4) is 0 Å². The van der Waals surface area contributed by atoms with E-state index in [2.05, 4.69) is 4.98 Å². The molecule has 0 aliphatic heterocycles. The Kier molecular flexibility index (Phi) is 2.13. The summed E-state index contributed by atoms with van der Waals surface area (Å²) in [5.41, 5.74) is 0.423. The fraction of sp³-hybridized carbons (Fsp3) is 0. The zero-order chi connectivity index (χ0) is 12.7. The van der Waals surface area contributed by atoms with Gasteiger partial charge < -0.3 is 4.98 Å². The lowest BCUT2D eigenvalue weighted by molar-refractivity contribution is -0.384. The normalized spacial score (nSPS) is 10.9. The topological polar surface area (TPSA) is 76.0 Å². The Morgan fingerprint density at radius 2 is 1.78 bits per heavy atom. The van der Waals surface area contributed by atoms with Crippen molar-refractivity contribution in [1.82, 2.24) is 4.98 Å². The van der Waals surface area contributed by atoms with Crippen LogP contribution in [0.5, 0.6) is 0 Å². The number of aromatic nitrogens is 1. The summed E-state index contributed by atoms with van der Waals surface area (Å²) >= 11 is 0. The molecule has 0 spiro atoms. The van der Waals surface area contributed by atoms with E-state index in [0.717, 1.165) is 5.39 Å². The van der Waals surface area contributed by atoms with Crippen molar-refractivity contribution in [3.05, 3.63) is 62.9 Å². The summed E-state index contributed by atoms with van der Waals surface area (Å²) in [5.74, 6) is 0. The first-order valence-electron chi connectivity index (χ1n) is 5.36. The minimum Gasteiger partial charge on any atom is -0.321 e. The van der Waals surface area contributed by atoms with Gasteiger partial charge in [0.15, 0.2) is 0 Å². The second kappa shape index (κ2) is 3.66. The van der Waals surface area contributed by atoms with Crippen molar-refractivity contribution in [3.8, 4) is 0 Å². The number of benzene rings is 2. The zero-order valence-corrected chi connectivity index (χ0v) is 9.21. The maximum absolute atomic E-state index is 11.8. The van der Waals surface area contributed by atoms with Crippen LogP contribution in [-0.2, 0) is 0 Å². The standard InChI is InChI=1S/C13H8N2O3/c16-13-10-6-5-8(15(17)18)7-11(10)9-3-1-2-4-12(9)14-13/h1-7H,(H,14,16). The van der Waals surface area contributed by atoms with Crippen molar-refractivity contribution in [1.29, 1.82) is 0 Å². The number of non-ortho nitro benzene ring substituents is 1. The number of para-hydroxylation sites is 1. The van der Waals surface area contributed by atoms with Gasteiger partial charge in [-0.25, -0.2) is 0 Å². The van der Waals surface area contributed by atoms with Gasteiger partial charge in [0.25, 0.3) is 11.2 Å². The van der Waals surface area contributed by atoms with Gasteiger partial charge in [-0.1, -0.05) is 18.2 Å². The first-order chi connectivity index (χ1) is 8.66. The van der Waals surface area contributed by atoms with E-state index >= 15 is 0 Å². The number of hydrogen-bond acceptors (Lipinski definition) is 3. The van der Waals surface area contributed by atoms with Crippen LogP contribution < -0.4 is 5.56 Å². The number of nitro groups is 1. The number of pyridine rings is 1. The maximum Gasteiger partial charge on any atom is 0.270 e. The van der Waals surface area contributed by atoms with Crippen molar-refractivity contribution >= 4 is 27.4 Å². The van der Waals surface area contributed by atoms with Crippen molar-refractivity contribution in [2.45, 2.75) is 0 Å². The molecule has 0 saturated carbocycles. The van der Waals surface area contributed by atoms with Crippen LogP contribution in [0.25, 0.3) is 21.7 Å². The molecule has 0 amide bonds. The lowest BCUT2D eigenvalue weighted by Gasteiger charge is -2.02. The first-order valence-corrected chi connectivity index (χ1v) is 5.36. The molecule has 0 aliphatic rings. The molecule has 3 rings (SSSR count). The lowest BCUT2D eigenvalue weighted by Crippen LogP contribution is -2.06. The molecule has 2 aromatic carbocycles. The van der Waals surface area contributed by atoms with E-state index in [-0.39, 0.29) is 11.2 Å². The van der Waals surface area contributed by atoms with Gasteiger partial charge in [0.05, 0.1) is 4.92 Å². The third-order valence-electron chi connectivity index (χ3n) is 2.92. The minimum absolute atomic E-state index is 0.0155. The smallest absolute Gasteiger partial charge is 0.270 e. The molecule has 1 aromatic heterocycles. The maximum atomic E-state index is 11.8. The highest BCUT2D eigenvalue weighted by atomic mass is 16.6. The van der Waals surface area contributed by atoms with E-state index < -0.39 is 4.92 Å². The van der Waals surface area contributed by atoms with Gasteiger partial charge in [0, 0.05) is 33.8 Å². The van der Waals surface area contributed by atoms with E-state index in [1.165, 1.54) is 18.2 Å². The molecule has 5 nitrogen and oxygen atoms in total. The van der Waals surface area contributed by atoms with Crippen LogP contribution in [0, 0.1) is 10.1 Å². The average molecular weight is 240 g/mol. The quantitative estimate of drug-likeness (QED) is 0.403. The van der Waals surface area contributed by atoms with E-state index in [9.17, 15) is 14.9 Å². The molecule has 18 heavy (non-hydrogen) atoms. The lowest BCUT2D eigenvalue weighted by atomic mass is 10.1. The Morgan fingerprint density at radius 3 is 2.56 bits per heavy atom. The highest BCUT2D eigenvalue weighted by Gasteiger charge is 2.10. The summed E-state index contributed by atoms with van der Waals surface area (Å²) in [5, 5.41) is 12.6. The van der Waals surface area contributed by atoms with Crippen molar-refractivity contribution in [2.24, 2.45) is 0 Å². The monoisotopic (exact) mass is 240 g/mol. The van der Waals surface area contributed by atoms with Crippen LogP contribution in [0.2, 0.25) is 0 Å². The molecule has 5 heteroatoms. The van der Waals surface area contributed by atoms with Crippen molar-refractivity contribution < 1.29 is 4.92 Å². The van der Waals surface area contributed by atoms with Crippen LogP contribution >= 0.6 is 0 Å². The van der Waals surface area contributed by atoms with Gasteiger partial charge in [0.1, 0.15) is 0 Å². The van der Waals surface area contributed by atoms with Crippen molar-refractivity contribution in [2.75, 3.05) is 0 Å². The molecule has 1 heterocycles. The van der Waals surface area contributed by atoms with Gasteiger partial charge in [-0.15, -0.1) is 0 Å². The molecule has 0 saturated heterocycles. The van der Waals surface area contributed by atoms with Crippen molar-refractivity contribution in [3.63, 3.8) is 0 Å². The predicted octanol–water partition coefficient (Wildman–Crippen LogP) is 2.59. The third-order valence-corrected chi connectivity index (χ3v) is 2.92. The van der Waals surface area contributed by atoms with Gasteiger partial charge in [-0.3, -0.25) is 14.9 Å². The number of fused-ring (bicyclic) bond motifs is 3. The molecular formula is C13H8N2O3. The molecule has 0 unspecified atom stereocenters. The largest absolute Gasteiger partial charge is 0.321 e. The number of nitro benzene ring substituents is 1. The first kappa shape index (κ1) is 10.5. The number of nitrogens with one attached hydrogen (secondary N) is 1. The van der Waals surface area contributed by atoms with Gasteiger partial charge in [-0.05, 0) is 12.1 Å². The van der Waals surface area contributed by atoms with Gasteiger partial charge in [-0.2, -0.15) is 0 Å². The van der Waals surface area contributed by atoms with Crippen LogP contribution in [0.1, 0.15) is 0 Å². The summed E-state index contributed by atoms with van der Waals surface area (Å²) in [4.78, 5) is 24.9. The second-order valence-corrected chi connectivity index (χ2v) is 3.99. The molecule has 0 radical (unpaired) electrons. The molecular weight excluding hydrogens is 232 g/mol. The summed E-state index contributed by atoms with van der Waals surface area (Å²) < 4.78 is 0. The zero-order valence-electron chi connectivity index (χ0n) is 9.21. The summed E-state index contributed by atoms with van der Waals surface area (Å²) in [7, 11) is 0. The summed E-state index contributed by atoms with van der Waals surface area (Å²) in [6.07, 6.45) is 0. The number of hydrogen-bond donors (Lipinski definition) is 1. The number of rotatable bonds is 1. The summed E-state index contributed by atoms with van der Waals surface area (Å²) in [6, 6.07) is 11.5. The Balaban J connectivity index is 2.55.